The second-order valence-corrected chi connectivity index (χ2v) is 8.13. The molecule has 3 aromatic rings. The highest BCUT2D eigenvalue weighted by Gasteiger charge is 2.20. The number of thiophene rings is 1. The zero-order valence-electron chi connectivity index (χ0n) is 16.7. The van der Waals surface area contributed by atoms with Gasteiger partial charge in [0, 0.05) is 23.4 Å². The molecule has 0 fully saturated rings. The van der Waals surface area contributed by atoms with Crippen LogP contribution in [0.1, 0.15) is 24.5 Å². The van der Waals surface area contributed by atoms with Gasteiger partial charge in [-0.25, -0.2) is 4.98 Å². The molecule has 2 heterocycles. The van der Waals surface area contributed by atoms with Gasteiger partial charge in [0.25, 0.3) is 0 Å². The molecule has 7 nitrogen and oxygen atoms in total. The van der Waals surface area contributed by atoms with Crippen LogP contribution in [0.5, 0.6) is 5.75 Å². The molecule has 0 radical (unpaired) electrons. The van der Waals surface area contributed by atoms with Crippen LogP contribution in [0, 0.1) is 22.7 Å². The molecule has 31 heavy (non-hydrogen) atoms. The molecule has 1 aromatic carbocycles. The van der Waals surface area contributed by atoms with Crippen LogP contribution in [0.3, 0.4) is 0 Å². The van der Waals surface area contributed by atoms with Gasteiger partial charge in [-0.05, 0) is 53.6 Å². The van der Waals surface area contributed by atoms with Gasteiger partial charge in [0.05, 0.1) is 12.2 Å². The number of thioether (sulfide) groups is 1. The smallest absolute Gasteiger partial charge is 0.225 e. The van der Waals surface area contributed by atoms with Crippen LogP contribution in [-0.2, 0) is 4.79 Å². The highest BCUT2D eigenvalue weighted by molar-refractivity contribution is 7.99. The first-order chi connectivity index (χ1) is 15.1. The number of carbonyl (C=O) groups is 1. The van der Waals surface area contributed by atoms with Crippen molar-refractivity contribution < 1.29 is 9.53 Å². The Kier molecular flexibility index (Phi) is 7.50. The number of aromatic nitrogens is 1. The first-order valence-corrected chi connectivity index (χ1v) is 11.3. The highest BCUT2D eigenvalue weighted by Crippen LogP contribution is 2.36. The number of benzene rings is 1. The van der Waals surface area contributed by atoms with Gasteiger partial charge in [-0.3, -0.25) is 4.79 Å². The number of hydrogen-bond donors (Lipinski definition) is 2. The lowest BCUT2D eigenvalue weighted by molar-refractivity contribution is -0.115. The van der Waals surface area contributed by atoms with Gasteiger partial charge in [-0.15, -0.1) is 11.8 Å². The van der Waals surface area contributed by atoms with Crippen molar-refractivity contribution in [2.75, 3.05) is 23.4 Å². The quantitative estimate of drug-likeness (QED) is 0.479. The molecule has 0 aliphatic carbocycles. The Balaban J connectivity index is 1.70. The van der Waals surface area contributed by atoms with Gasteiger partial charge in [-0.1, -0.05) is 0 Å². The summed E-state index contributed by atoms with van der Waals surface area (Å²) in [6, 6.07) is 13.2. The summed E-state index contributed by atoms with van der Waals surface area (Å²) in [5, 5.41) is 26.2. The Morgan fingerprint density at radius 1 is 1.23 bits per heavy atom. The summed E-state index contributed by atoms with van der Waals surface area (Å²) >= 11 is 2.73. The lowest BCUT2D eigenvalue weighted by atomic mass is 9.99. The van der Waals surface area contributed by atoms with Crippen molar-refractivity contribution in [2.24, 2.45) is 0 Å². The number of nitrogen functional groups attached to an aromatic ring is 1. The number of carbonyl (C=O) groups excluding carboxylic acids is 1. The van der Waals surface area contributed by atoms with Crippen LogP contribution in [0.25, 0.3) is 11.1 Å². The van der Waals surface area contributed by atoms with Gasteiger partial charge in [-0.2, -0.15) is 21.9 Å². The number of nitrogens with one attached hydrogen (secondary N) is 1. The Morgan fingerprint density at radius 2 is 1.97 bits per heavy atom. The number of nitriles is 2. The third-order valence-corrected chi connectivity index (χ3v) is 5.90. The molecule has 0 saturated heterocycles. The summed E-state index contributed by atoms with van der Waals surface area (Å²) in [7, 11) is 0. The molecule has 9 heteroatoms. The number of amides is 1. The van der Waals surface area contributed by atoms with Gasteiger partial charge in [0.2, 0.25) is 5.91 Å². The second-order valence-electron chi connectivity index (χ2n) is 6.27. The number of pyridine rings is 1. The van der Waals surface area contributed by atoms with Gasteiger partial charge >= 0.3 is 0 Å². The maximum absolute atomic E-state index is 12.3. The van der Waals surface area contributed by atoms with E-state index in [1.165, 1.54) is 23.1 Å². The molecule has 1 amide bonds. The molecule has 3 N–H and O–H groups in total. The fourth-order valence-corrected chi connectivity index (χ4v) is 4.45. The van der Waals surface area contributed by atoms with Crippen LogP contribution >= 0.6 is 23.1 Å². The van der Waals surface area contributed by atoms with E-state index in [4.69, 9.17) is 10.5 Å². The van der Waals surface area contributed by atoms with Crippen LogP contribution in [0.15, 0.2) is 46.1 Å². The van der Waals surface area contributed by atoms with Crippen molar-refractivity contribution in [3.63, 3.8) is 0 Å². The van der Waals surface area contributed by atoms with E-state index in [-0.39, 0.29) is 23.7 Å². The van der Waals surface area contributed by atoms with Crippen LogP contribution < -0.4 is 15.8 Å². The van der Waals surface area contributed by atoms with Crippen molar-refractivity contribution >= 4 is 40.5 Å². The monoisotopic (exact) mass is 449 g/mol. The third-order valence-electron chi connectivity index (χ3n) is 4.24. The minimum atomic E-state index is -0.158. The second kappa shape index (κ2) is 10.5. The lowest BCUT2D eigenvalue weighted by Crippen LogP contribution is -2.12. The number of nitrogens with two attached hydrogens (primary N) is 1. The van der Waals surface area contributed by atoms with Gasteiger partial charge in [0.1, 0.15) is 34.3 Å². The predicted octanol–water partition coefficient (Wildman–Crippen LogP) is 4.66. The minimum absolute atomic E-state index is 0.0732. The number of hydrogen-bond acceptors (Lipinski definition) is 8. The Labute approximate surface area is 188 Å². The largest absolute Gasteiger partial charge is 0.494 e. The molecular weight excluding hydrogens is 430 g/mol. The van der Waals surface area contributed by atoms with Crippen molar-refractivity contribution in [3.05, 3.63) is 52.2 Å². The number of rotatable bonds is 8. The summed E-state index contributed by atoms with van der Waals surface area (Å²) in [4.78, 5) is 16.5. The normalized spacial score (nSPS) is 10.2. The van der Waals surface area contributed by atoms with Crippen molar-refractivity contribution in [1.29, 1.82) is 10.5 Å². The Morgan fingerprint density at radius 3 is 2.58 bits per heavy atom. The molecule has 0 unspecified atom stereocenters. The fourth-order valence-electron chi connectivity index (χ4n) is 2.86. The SMILES string of the molecule is CCOc1ccc(NC(=O)CCSc2nc(N)c(C#N)c(-c3ccsc3)c2C#N)cc1. The molecule has 0 aliphatic heterocycles. The average molecular weight is 450 g/mol. The van der Waals surface area contributed by atoms with Gasteiger partial charge < -0.3 is 15.8 Å². The first-order valence-electron chi connectivity index (χ1n) is 9.39. The highest BCUT2D eigenvalue weighted by atomic mass is 32.2. The standard InChI is InChI=1S/C22H19N5O2S2/c1-2-29-16-5-3-15(4-6-16)26-19(28)8-10-31-22-18(12-24)20(14-7-9-30-13-14)17(11-23)21(25)27-22/h3-7,9,13H,2,8,10H2,1H3,(H2,25,27)(H,26,28). The van der Waals surface area contributed by atoms with E-state index in [1.807, 2.05) is 23.8 Å². The van der Waals surface area contributed by atoms with Crippen molar-refractivity contribution in [2.45, 2.75) is 18.4 Å². The molecule has 2 aromatic heterocycles. The van der Waals surface area contributed by atoms with Gasteiger partial charge in [0.15, 0.2) is 0 Å². The summed E-state index contributed by atoms with van der Waals surface area (Å²) < 4.78 is 5.39. The van der Waals surface area contributed by atoms with Crippen LogP contribution in [0.4, 0.5) is 11.5 Å². The van der Waals surface area contributed by atoms with Crippen LogP contribution in [0.2, 0.25) is 0 Å². The average Bonchev–Trinajstić information content (AvgIpc) is 3.29. The van der Waals surface area contributed by atoms with E-state index in [1.54, 1.807) is 24.3 Å². The maximum atomic E-state index is 12.3. The number of ether oxygens (including phenoxy) is 1. The zero-order valence-corrected chi connectivity index (χ0v) is 18.3. The summed E-state index contributed by atoms with van der Waals surface area (Å²) in [5.74, 6) is 1.06. The van der Waals surface area contributed by atoms with Crippen LogP contribution in [-0.4, -0.2) is 23.3 Å². The zero-order chi connectivity index (χ0) is 22.2. The molecular formula is C22H19N5O2S2. The molecule has 0 spiro atoms. The molecule has 3 rings (SSSR count). The van der Waals surface area contributed by atoms with Crippen molar-refractivity contribution in [1.82, 2.24) is 4.98 Å². The van der Waals surface area contributed by atoms with E-state index >= 15 is 0 Å². The molecule has 0 bridgehead atoms. The number of nitrogens with zero attached hydrogens (tertiary/aromatic N) is 3. The fraction of sp³-hybridized carbons (Fsp3) is 0.182. The lowest BCUT2D eigenvalue weighted by Gasteiger charge is -2.12. The third kappa shape index (κ3) is 5.34. The molecule has 0 saturated carbocycles. The van der Waals surface area contributed by atoms with E-state index in [0.29, 0.717) is 34.2 Å². The summed E-state index contributed by atoms with van der Waals surface area (Å²) in [5.41, 5.74) is 8.38. The Bertz CT molecular complexity index is 1150. The summed E-state index contributed by atoms with van der Waals surface area (Å²) in [6.45, 7) is 2.49. The predicted molar refractivity (Wildman–Crippen MR) is 123 cm³/mol. The topological polar surface area (TPSA) is 125 Å². The maximum Gasteiger partial charge on any atom is 0.225 e. The minimum Gasteiger partial charge on any atom is -0.494 e. The van der Waals surface area contributed by atoms with E-state index in [2.05, 4.69) is 22.4 Å². The Hall–Kier alpha value is -3.53. The molecule has 156 valence electrons. The number of anilines is 2. The first kappa shape index (κ1) is 22.2. The van der Waals surface area contributed by atoms with E-state index in [9.17, 15) is 15.3 Å². The van der Waals surface area contributed by atoms with E-state index in [0.717, 1.165) is 11.3 Å². The van der Waals surface area contributed by atoms with E-state index < -0.39 is 0 Å². The molecule has 0 atom stereocenters. The molecule has 0 aliphatic rings. The summed E-state index contributed by atoms with van der Waals surface area (Å²) in [6.07, 6.45) is 0.220. The van der Waals surface area contributed by atoms with Crippen molar-refractivity contribution in [3.8, 4) is 29.0 Å².